The van der Waals surface area contributed by atoms with Gasteiger partial charge in [-0.1, -0.05) is 0 Å². The third-order valence-corrected chi connectivity index (χ3v) is 5.11. The van der Waals surface area contributed by atoms with Gasteiger partial charge in [-0.05, 0) is 48.0 Å². The van der Waals surface area contributed by atoms with Crippen LogP contribution in [0, 0.1) is 11.6 Å². The molecule has 146 valence electrons. The number of piperazine rings is 1. The number of nitrogens with one attached hydrogen (secondary N) is 1. The van der Waals surface area contributed by atoms with Gasteiger partial charge in [-0.15, -0.1) is 0 Å². The van der Waals surface area contributed by atoms with Gasteiger partial charge in [0.15, 0.2) is 0 Å². The molecule has 28 heavy (non-hydrogen) atoms. The predicted molar refractivity (Wildman–Crippen MR) is 101 cm³/mol. The zero-order valence-electron chi connectivity index (χ0n) is 15.2. The van der Waals surface area contributed by atoms with E-state index in [2.05, 4.69) is 10.2 Å². The number of carbonyl (C=O) groups excluding carboxylic acids is 2. The highest BCUT2D eigenvalue weighted by Gasteiger charge is 2.28. The van der Waals surface area contributed by atoms with E-state index in [0.717, 1.165) is 5.69 Å². The maximum atomic E-state index is 13.4. The minimum atomic E-state index is -0.377. The Labute approximate surface area is 161 Å². The minimum Gasteiger partial charge on any atom is -0.368 e. The van der Waals surface area contributed by atoms with Gasteiger partial charge >= 0.3 is 6.03 Å². The maximum absolute atomic E-state index is 13.4. The van der Waals surface area contributed by atoms with Crippen molar-refractivity contribution in [1.29, 1.82) is 0 Å². The fraction of sp³-hybridized carbons (Fsp3) is 0.300. The predicted octanol–water partition coefficient (Wildman–Crippen LogP) is 2.66. The average Bonchev–Trinajstić information content (AvgIpc) is 2.69. The number of amides is 3. The van der Waals surface area contributed by atoms with Crippen molar-refractivity contribution in [3.63, 3.8) is 0 Å². The van der Waals surface area contributed by atoms with E-state index in [1.807, 2.05) is 0 Å². The average molecular weight is 386 g/mol. The van der Waals surface area contributed by atoms with Crippen LogP contribution in [0.25, 0.3) is 0 Å². The van der Waals surface area contributed by atoms with E-state index in [0.29, 0.717) is 37.4 Å². The number of nitrogens with zero attached hydrogens (tertiary/aromatic N) is 3. The molecule has 2 aromatic rings. The molecule has 0 bridgehead atoms. The Morgan fingerprint density at radius 3 is 2.36 bits per heavy atom. The lowest BCUT2D eigenvalue weighted by atomic mass is 10.1. The molecule has 2 heterocycles. The zero-order chi connectivity index (χ0) is 19.7. The largest absolute Gasteiger partial charge is 0.368 e. The monoisotopic (exact) mass is 386 g/mol. The number of halogens is 2. The number of hydrogen-bond acceptors (Lipinski definition) is 3. The summed E-state index contributed by atoms with van der Waals surface area (Å²) in [7, 11) is 0. The Morgan fingerprint density at radius 1 is 0.964 bits per heavy atom. The second-order valence-electron chi connectivity index (χ2n) is 6.93. The van der Waals surface area contributed by atoms with Crippen LogP contribution in [0.15, 0.2) is 42.5 Å². The second-order valence-corrected chi connectivity index (χ2v) is 6.93. The van der Waals surface area contributed by atoms with Crippen LogP contribution in [0.2, 0.25) is 0 Å². The second kappa shape index (κ2) is 7.46. The summed E-state index contributed by atoms with van der Waals surface area (Å²) < 4.78 is 26.5. The lowest BCUT2D eigenvalue weighted by Crippen LogP contribution is -2.52. The van der Waals surface area contributed by atoms with Crippen LogP contribution < -0.4 is 10.2 Å². The van der Waals surface area contributed by atoms with Crippen LogP contribution in [0.1, 0.15) is 5.56 Å². The van der Waals surface area contributed by atoms with Gasteiger partial charge in [0.05, 0.1) is 6.54 Å². The quantitative estimate of drug-likeness (QED) is 0.883. The van der Waals surface area contributed by atoms with Crippen LogP contribution >= 0.6 is 0 Å². The van der Waals surface area contributed by atoms with Crippen LogP contribution in [-0.4, -0.2) is 54.5 Å². The summed E-state index contributed by atoms with van der Waals surface area (Å²) in [5, 5.41) is 2.69. The van der Waals surface area contributed by atoms with E-state index in [9.17, 15) is 18.4 Å². The molecule has 2 aromatic carbocycles. The van der Waals surface area contributed by atoms with E-state index in [4.69, 9.17) is 0 Å². The number of hydrogen-bond donors (Lipinski definition) is 1. The van der Waals surface area contributed by atoms with E-state index in [1.165, 1.54) is 35.2 Å². The standard InChI is InChI=1S/C20H20F2N4O2/c21-15-1-4-17(5-2-15)24-7-9-25(10-8-24)19(27)13-26-12-14-11-16(22)3-6-18(14)23-20(26)28/h1-6,11H,7-10,12-13H2,(H,23,28). The van der Waals surface area contributed by atoms with Gasteiger partial charge in [-0.3, -0.25) is 4.79 Å². The van der Waals surface area contributed by atoms with Crippen LogP contribution in [0.3, 0.4) is 0 Å². The molecule has 0 aromatic heterocycles. The molecular weight excluding hydrogens is 366 g/mol. The Balaban J connectivity index is 1.34. The minimum absolute atomic E-state index is 0.0572. The summed E-state index contributed by atoms with van der Waals surface area (Å²) in [6, 6.07) is 10.1. The SMILES string of the molecule is O=C(CN1Cc2cc(F)ccc2NC1=O)N1CCN(c2ccc(F)cc2)CC1. The highest BCUT2D eigenvalue weighted by atomic mass is 19.1. The lowest BCUT2D eigenvalue weighted by Gasteiger charge is -2.37. The topological polar surface area (TPSA) is 55.9 Å². The number of carbonyl (C=O) groups is 2. The highest BCUT2D eigenvalue weighted by Crippen LogP contribution is 2.24. The molecule has 1 N–H and O–H groups in total. The van der Waals surface area contributed by atoms with E-state index >= 15 is 0 Å². The first-order chi connectivity index (χ1) is 13.5. The number of urea groups is 1. The molecule has 3 amide bonds. The fourth-order valence-corrected chi connectivity index (χ4v) is 3.54. The smallest absolute Gasteiger partial charge is 0.322 e. The van der Waals surface area contributed by atoms with E-state index in [-0.39, 0.29) is 36.7 Å². The van der Waals surface area contributed by atoms with Crippen LogP contribution in [0.4, 0.5) is 25.0 Å². The molecule has 4 rings (SSSR count). The molecule has 1 saturated heterocycles. The first kappa shape index (κ1) is 18.2. The summed E-state index contributed by atoms with van der Waals surface area (Å²) in [6.07, 6.45) is 0. The van der Waals surface area contributed by atoms with Crippen molar-refractivity contribution < 1.29 is 18.4 Å². The maximum Gasteiger partial charge on any atom is 0.322 e. The zero-order valence-corrected chi connectivity index (χ0v) is 15.2. The fourth-order valence-electron chi connectivity index (χ4n) is 3.54. The first-order valence-electron chi connectivity index (χ1n) is 9.12. The Kier molecular flexibility index (Phi) is 4.85. The Bertz CT molecular complexity index is 896. The molecule has 2 aliphatic heterocycles. The molecular formula is C20H20F2N4O2. The molecule has 0 saturated carbocycles. The van der Waals surface area contributed by atoms with Gasteiger partial charge in [-0.2, -0.15) is 0 Å². The van der Waals surface area contributed by atoms with Gasteiger partial charge in [-0.25, -0.2) is 13.6 Å². The Hall–Kier alpha value is -3.16. The summed E-state index contributed by atoms with van der Waals surface area (Å²) in [4.78, 5) is 30.1. The van der Waals surface area contributed by atoms with E-state index in [1.54, 1.807) is 17.0 Å². The van der Waals surface area contributed by atoms with Crippen molar-refractivity contribution in [2.24, 2.45) is 0 Å². The van der Waals surface area contributed by atoms with Crippen LogP contribution in [0.5, 0.6) is 0 Å². The molecule has 6 nitrogen and oxygen atoms in total. The van der Waals surface area contributed by atoms with Gasteiger partial charge in [0.25, 0.3) is 0 Å². The lowest BCUT2D eigenvalue weighted by molar-refractivity contribution is -0.132. The van der Waals surface area contributed by atoms with Gasteiger partial charge in [0.1, 0.15) is 18.2 Å². The van der Waals surface area contributed by atoms with Crippen molar-refractivity contribution in [1.82, 2.24) is 9.80 Å². The molecule has 0 spiro atoms. The normalized spacial score (nSPS) is 16.6. The number of fused-ring (bicyclic) bond motifs is 1. The molecule has 0 atom stereocenters. The third-order valence-electron chi connectivity index (χ3n) is 5.11. The highest BCUT2D eigenvalue weighted by molar-refractivity contribution is 5.94. The number of rotatable bonds is 3. The van der Waals surface area contributed by atoms with E-state index < -0.39 is 0 Å². The molecule has 0 unspecified atom stereocenters. The van der Waals surface area contributed by atoms with Gasteiger partial charge in [0.2, 0.25) is 5.91 Å². The van der Waals surface area contributed by atoms with Crippen molar-refractivity contribution in [2.75, 3.05) is 42.9 Å². The first-order valence-corrected chi connectivity index (χ1v) is 9.12. The van der Waals surface area contributed by atoms with Crippen molar-refractivity contribution in [2.45, 2.75) is 6.54 Å². The summed E-state index contributed by atoms with van der Waals surface area (Å²) in [5.74, 6) is -0.800. The Morgan fingerprint density at radius 2 is 1.64 bits per heavy atom. The number of anilines is 2. The van der Waals surface area contributed by atoms with Crippen LogP contribution in [-0.2, 0) is 11.3 Å². The van der Waals surface area contributed by atoms with Crippen molar-refractivity contribution in [3.8, 4) is 0 Å². The summed E-state index contributed by atoms with van der Waals surface area (Å²) in [6.45, 7) is 2.46. The molecule has 1 fully saturated rings. The van der Waals surface area contributed by atoms with Gasteiger partial charge < -0.3 is 20.0 Å². The summed E-state index contributed by atoms with van der Waals surface area (Å²) in [5.41, 5.74) is 2.14. The molecule has 8 heteroatoms. The summed E-state index contributed by atoms with van der Waals surface area (Å²) >= 11 is 0. The number of benzene rings is 2. The third kappa shape index (κ3) is 3.76. The van der Waals surface area contributed by atoms with Gasteiger partial charge in [0, 0.05) is 37.6 Å². The molecule has 0 aliphatic carbocycles. The molecule has 2 aliphatic rings. The van der Waals surface area contributed by atoms with Crippen molar-refractivity contribution >= 4 is 23.3 Å². The van der Waals surface area contributed by atoms with Crippen molar-refractivity contribution in [3.05, 3.63) is 59.7 Å². The molecule has 0 radical (unpaired) electrons.